The van der Waals surface area contributed by atoms with E-state index in [2.05, 4.69) is 13.8 Å². The molecule has 0 amide bonds. The summed E-state index contributed by atoms with van der Waals surface area (Å²) >= 11 is 0. The van der Waals surface area contributed by atoms with Gasteiger partial charge in [-0.15, -0.1) is 0 Å². The minimum Gasteiger partial charge on any atom is -0.393 e. The molecule has 0 saturated carbocycles. The summed E-state index contributed by atoms with van der Waals surface area (Å²) in [6.45, 7) is 4.10. The van der Waals surface area contributed by atoms with Gasteiger partial charge in [-0.3, -0.25) is 4.89 Å². The second kappa shape index (κ2) is 9.41. The van der Waals surface area contributed by atoms with E-state index in [0.717, 1.165) is 5.56 Å². The molecule has 7 heteroatoms. The zero-order valence-electron chi connectivity index (χ0n) is 16.1. The van der Waals surface area contributed by atoms with E-state index in [-0.39, 0.29) is 17.1 Å². The SMILES string of the molecule is CC(C)c1ccc(C(=O)OOP(=O)(Oc2ccccc2)Oc2ccccc2)cc1. The van der Waals surface area contributed by atoms with Gasteiger partial charge in [-0.1, -0.05) is 62.4 Å². The van der Waals surface area contributed by atoms with Crippen molar-refractivity contribution < 1.29 is 28.0 Å². The number of hydrogen-bond donors (Lipinski definition) is 0. The number of rotatable bonds is 8. The molecule has 0 spiro atoms. The van der Waals surface area contributed by atoms with Gasteiger partial charge in [0.25, 0.3) is 0 Å². The molecule has 29 heavy (non-hydrogen) atoms. The van der Waals surface area contributed by atoms with Crippen molar-refractivity contribution in [2.75, 3.05) is 0 Å². The summed E-state index contributed by atoms with van der Waals surface area (Å²) in [5, 5.41) is 0. The molecule has 0 aliphatic carbocycles. The van der Waals surface area contributed by atoms with Crippen LogP contribution in [0.3, 0.4) is 0 Å². The highest BCUT2D eigenvalue weighted by Crippen LogP contribution is 2.49. The molecule has 0 atom stereocenters. The molecule has 0 radical (unpaired) electrons. The molecule has 0 N–H and O–H groups in total. The van der Waals surface area contributed by atoms with Gasteiger partial charge >= 0.3 is 13.8 Å². The quantitative estimate of drug-likeness (QED) is 0.251. The van der Waals surface area contributed by atoms with Gasteiger partial charge in [0.15, 0.2) is 0 Å². The summed E-state index contributed by atoms with van der Waals surface area (Å²) in [6.07, 6.45) is 0. The lowest BCUT2D eigenvalue weighted by atomic mass is 10.0. The molecular formula is C22H21O6P. The second-order valence-electron chi connectivity index (χ2n) is 6.48. The molecular weight excluding hydrogens is 391 g/mol. The van der Waals surface area contributed by atoms with Gasteiger partial charge in [-0.2, -0.15) is 0 Å². The predicted molar refractivity (Wildman–Crippen MR) is 109 cm³/mol. The van der Waals surface area contributed by atoms with Crippen molar-refractivity contribution in [2.45, 2.75) is 19.8 Å². The van der Waals surface area contributed by atoms with Crippen LogP contribution in [0.25, 0.3) is 0 Å². The van der Waals surface area contributed by atoms with Crippen LogP contribution in [0, 0.1) is 0 Å². The van der Waals surface area contributed by atoms with Crippen LogP contribution in [0.5, 0.6) is 11.5 Å². The van der Waals surface area contributed by atoms with Gasteiger partial charge in [-0.05, 0) is 52.6 Å². The maximum atomic E-state index is 13.1. The highest BCUT2D eigenvalue weighted by atomic mass is 31.2. The molecule has 3 rings (SSSR count). The smallest absolute Gasteiger partial charge is 0.393 e. The fraction of sp³-hybridized carbons (Fsp3) is 0.136. The second-order valence-corrected chi connectivity index (χ2v) is 7.89. The first-order valence-electron chi connectivity index (χ1n) is 9.05. The third-order valence-corrected chi connectivity index (χ3v) is 5.06. The van der Waals surface area contributed by atoms with E-state index in [1.165, 1.54) is 0 Å². The molecule has 0 aliphatic heterocycles. The number of hydrogen-bond acceptors (Lipinski definition) is 6. The van der Waals surface area contributed by atoms with Crippen LogP contribution >= 0.6 is 7.82 Å². The first-order chi connectivity index (χ1) is 14.0. The topological polar surface area (TPSA) is 71.1 Å². The Bertz CT molecular complexity index is 926. The largest absolute Gasteiger partial charge is 0.625 e. The first-order valence-corrected chi connectivity index (χ1v) is 10.5. The Kier molecular flexibility index (Phi) is 6.70. The van der Waals surface area contributed by atoms with Crippen LogP contribution in [0.1, 0.15) is 35.7 Å². The Labute approximate surface area is 169 Å². The summed E-state index contributed by atoms with van der Waals surface area (Å²) in [7, 11) is -4.31. The van der Waals surface area contributed by atoms with E-state index in [4.69, 9.17) is 18.6 Å². The van der Waals surface area contributed by atoms with E-state index in [9.17, 15) is 9.36 Å². The minimum absolute atomic E-state index is 0.240. The fourth-order valence-corrected chi connectivity index (χ4v) is 3.42. The summed E-state index contributed by atoms with van der Waals surface area (Å²) in [4.78, 5) is 17.1. The van der Waals surface area contributed by atoms with E-state index in [1.807, 2.05) is 12.1 Å². The third-order valence-electron chi connectivity index (χ3n) is 3.94. The number of phosphoric acid groups is 1. The zero-order chi connectivity index (χ0) is 20.7. The van der Waals surface area contributed by atoms with E-state index in [1.54, 1.807) is 72.8 Å². The highest BCUT2D eigenvalue weighted by molar-refractivity contribution is 7.49. The molecule has 0 aliphatic rings. The van der Waals surface area contributed by atoms with Gasteiger partial charge in [-0.25, -0.2) is 9.36 Å². The molecule has 0 aromatic heterocycles. The summed E-state index contributed by atoms with van der Waals surface area (Å²) in [6, 6.07) is 23.5. The molecule has 0 heterocycles. The van der Waals surface area contributed by atoms with Gasteiger partial charge in [0.05, 0.1) is 5.56 Å². The number of para-hydroxylation sites is 2. The van der Waals surface area contributed by atoms with Crippen molar-refractivity contribution in [3.05, 3.63) is 96.1 Å². The average Bonchev–Trinajstić information content (AvgIpc) is 2.73. The molecule has 6 nitrogen and oxygen atoms in total. The number of benzene rings is 3. The van der Waals surface area contributed by atoms with E-state index in [0.29, 0.717) is 5.92 Å². The minimum atomic E-state index is -4.31. The zero-order valence-corrected chi connectivity index (χ0v) is 17.0. The lowest BCUT2D eigenvalue weighted by Crippen LogP contribution is -2.10. The summed E-state index contributed by atoms with van der Waals surface area (Å²) < 4.78 is 28.7. The number of carbonyl (C=O) groups is 1. The standard InChI is InChI=1S/C22H21O6P/c1-17(2)18-13-15-19(16-14-18)22(23)25-28-29(24,26-20-9-5-3-6-10-20)27-21-11-7-4-8-12-21/h3-17H,1-2H3. The molecule has 0 fully saturated rings. The predicted octanol–water partition coefficient (Wildman–Crippen LogP) is 6.16. The normalized spacial score (nSPS) is 11.1. The molecule has 0 bridgehead atoms. The highest BCUT2D eigenvalue weighted by Gasteiger charge is 2.35. The maximum absolute atomic E-state index is 13.1. The van der Waals surface area contributed by atoms with Crippen LogP contribution in [0.15, 0.2) is 84.9 Å². The lowest BCUT2D eigenvalue weighted by Gasteiger charge is -2.17. The van der Waals surface area contributed by atoms with Crippen molar-refractivity contribution in [1.82, 2.24) is 0 Å². The Balaban J connectivity index is 1.73. The number of carbonyl (C=O) groups excluding carboxylic acids is 1. The van der Waals surface area contributed by atoms with E-state index >= 15 is 0 Å². The van der Waals surface area contributed by atoms with Gasteiger partial charge in [0.1, 0.15) is 11.5 Å². The van der Waals surface area contributed by atoms with Crippen LogP contribution in [-0.2, 0) is 14.1 Å². The van der Waals surface area contributed by atoms with Crippen LogP contribution in [-0.4, -0.2) is 5.97 Å². The molecule has 150 valence electrons. The Morgan fingerprint density at radius 1 is 0.759 bits per heavy atom. The average molecular weight is 412 g/mol. The van der Waals surface area contributed by atoms with Crippen LogP contribution in [0.4, 0.5) is 0 Å². The van der Waals surface area contributed by atoms with Crippen molar-refractivity contribution >= 4 is 13.8 Å². The van der Waals surface area contributed by atoms with Crippen molar-refractivity contribution in [1.29, 1.82) is 0 Å². The molecule has 3 aromatic carbocycles. The Morgan fingerprint density at radius 3 is 1.69 bits per heavy atom. The monoisotopic (exact) mass is 412 g/mol. The van der Waals surface area contributed by atoms with Crippen molar-refractivity contribution in [3.63, 3.8) is 0 Å². The summed E-state index contributed by atoms with van der Waals surface area (Å²) in [5.74, 6) is -0.00265. The van der Waals surface area contributed by atoms with Crippen molar-refractivity contribution in [2.24, 2.45) is 0 Å². The molecule has 0 saturated heterocycles. The lowest BCUT2D eigenvalue weighted by molar-refractivity contribution is -0.163. The molecule has 0 unspecified atom stereocenters. The van der Waals surface area contributed by atoms with Crippen LogP contribution in [0.2, 0.25) is 0 Å². The summed E-state index contributed by atoms with van der Waals surface area (Å²) in [5.41, 5.74) is 1.33. The van der Waals surface area contributed by atoms with E-state index < -0.39 is 13.8 Å². The first kappa shape index (κ1) is 20.6. The number of phosphoric ester groups is 1. The Morgan fingerprint density at radius 2 is 1.24 bits per heavy atom. The maximum Gasteiger partial charge on any atom is 0.625 e. The Hall–Kier alpha value is -3.08. The van der Waals surface area contributed by atoms with Gasteiger partial charge < -0.3 is 9.05 Å². The van der Waals surface area contributed by atoms with Gasteiger partial charge in [0, 0.05) is 0 Å². The molecule has 3 aromatic rings. The van der Waals surface area contributed by atoms with Crippen LogP contribution < -0.4 is 9.05 Å². The third kappa shape index (κ3) is 5.95. The van der Waals surface area contributed by atoms with Crippen molar-refractivity contribution in [3.8, 4) is 11.5 Å². The van der Waals surface area contributed by atoms with Gasteiger partial charge in [0.2, 0.25) is 0 Å². The fourth-order valence-electron chi connectivity index (χ4n) is 2.40.